The van der Waals surface area contributed by atoms with Crippen molar-refractivity contribution < 1.29 is 9.53 Å². The summed E-state index contributed by atoms with van der Waals surface area (Å²) in [4.78, 5) is 16.2. The lowest BCUT2D eigenvalue weighted by Crippen LogP contribution is -2.29. The highest BCUT2D eigenvalue weighted by Gasteiger charge is 2.18. The van der Waals surface area contributed by atoms with E-state index in [-0.39, 0.29) is 5.91 Å². The SMILES string of the molecule is CCN1CCSc2ccc(C(=O)NCc3cc(Br)ccc3OC)cc21. The standard InChI is InChI=1S/C19H21BrN2O2S/c1-3-22-8-9-25-18-7-4-13(11-16(18)22)19(23)21-12-14-10-15(20)5-6-17(14)24-2/h4-7,10-11H,3,8-9,12H2,1-2H3,(H,21,23). The summed E-state index contributed by atoms with van der Waals surface area (Å²) in [7, 11) is 1.63. The zero-order valence-electron chi connectivity index (χ0n) is 14.3. The highest BCUT2D eigenvalue weighted by Crippen LogP contribution is 2.35. The number of nitrogens with zero attached hydrogens (tertiary/aromatic N) is 1. The molecule has 0 unspecified atom stereocenters. The Morgan fingerprint density at radius 1 is 1.32 bits per heavy atom. The van der Waals surface area contributed by atoms with Crippen LogP contribution in [0.25, 0.3) is 0 Å². The number of fused-ring (bicyclic) bond motifs is 1. The molecule has 2 aromatic rings. The summed E-state index contributed by atoms with van der Waals surface area (Å²) in [5.74, 6) is 1.79. The van der Waals surface area contributed by atoms with Crippen molar-refractivity contribution in [2.24, 2.45) is 0 Å². The molecule has 1 aliphatic heterocycles. The molecule has 0 radical (unpaired) electrons. The minimum absolute atomic E-state index is 0.0727. The first-order valence-corrected chi connectivity index (χ1v) is 10.0. The molecule has 132 valence electrons. The van der Waals surface area contributed by atoms with Gasteiger partial charge in [-0.2, -0.15) is 0 Å². The second kappa shape index (κ2) is 8.15. The van der Waals surface area contributed by atoms with Gasteiger partial charge in [-0.05, 0) is 43.3 Å². The number of hydrogen-bond acceptors (Lipinski definition) is 4. The van der Waals surface area contributed by atoms with E-state index in [9.17, 15) is 4.79 Å². The molecule has 6 heteroatoms. The van der Waals surface area contributed by atoms with E-state index in [4.69, 9.17) is 4.74 Å². The Hall–Kier alpha value is -1.66. The molecule has 0 bridgehead atoms. The van der Waals surface area contributed by atoms with Crippen molar-refractivity contribution >= 4 is 39.3 Å². The molecule has 2 aromatic carbocycles. The summed E-state index contributed by atoms with van der Waals surface area (Å²) < 4.78 is 6.32. The molecule has 0 fully saturated rings. The molecule has 1 aliphatic rings. The summed E-state index contributed by atoms with van der Waals surface area (Å²) in [5, 5.41) is 2.99. The van der Waals surface area contributed by atoms with Gasteiger partial charge in [-0.3, -0.25) is 4.79 Å². The first-order chi connectivity index (χ1) is 12.1. The Morgan fingerprint density at radius 2 is 2.16 bits per heavy atom. The molecule has 0 aromatic heterocycles. The first-order valence-electron chi connectivity index (χ1n) is 8.24. The number of methoxy groups -OCH3 is 1. The van der Waals surface area contributed by atoms with Crippen molar-refractivity contribution in [1.29, 1.82) is 0 Å². The van der Waals surface area contributed by atoms with Crippen LogP contribution in [0.4, 0.5) is 5.69 Å². The number of halogens is 1. The van der Waals surface area contributed by atoms with Crippen LogP contribution in [0.3, 0.4) is 0 Å². The summed E-state index contributed by atoms with van der Waals surface area (Å²) >= 11 is 5.31. The van der Waals surface area contributed by atoms with Crippen LogP contribution in [0.5, 0.6) is 5.75 Å². The van der Waals surface area contributed by atoms with Gasteiger partial charge in [0.15, 0.2) is 0 Å². The topological polar surface area (TPSA) is 41.6 Å². The van der Waals surface area contributed by atoms with Crippen LogP contribution < -0.4 is 15.0 Å². The number of amides is 1. The Bertz CT molecular complexity index is 782. The molecule has 1 amide bonds. The van der Waals surface area contributed by atoms with Crippen molar-refractivity contribution in [3.63, 3.8) is 0 Å². The summed E-state index contributed by atoms with van der Waals surface area (Å²) in [5.41, 5.74) is 2.79. The van der Waals surface area contributed by atoms with Crippen LogP contribution >= 0.6 is 27.7 Å². The van der Waals surface area contributed by atoms with Crippen LogP contribution in [-0.4, -0.2) is 31.9 Å². The molecule has 1 N–H and O–H groups in total. The number of thioether (sulfide) groups is 1. The fraction of sp³-hybridized carbons (Fsp3) is 0.316. The van der Waals surface area contributed by atoms with E-state index >= 15 is 0 Å². The molecule has 3 rings (SSSR count). The molecule has 0 saturated carbocycles. The highest BCUT2D eigenvalue weighted by molar-refractivity contribution is 9.10. The van der Waals surface area contributed by atoms with E-state index in [0.29, 0.717) is 12.1 Å². The molecule has 1 heterocycles. The van der Waals surface area contributed by atoms with Gasteiger partial charge in [-0.1, -0.05) is 15.9 Å². The van der Waals surface area contributed by atoms with Crippen molar-refractivity contribution in [2.75, 3.05) is 30.9 Å². The van der Waals surface area contributed by atoms with Gasteiger partial charge in [-0.15, -0.1) is 11.8 Å². The lowest BCUT2D eigenvalue weighted by atomic mass is 10.1. The normalized spacial score (nSPS) is 13.3. The Labute approximate surface area is 161 Å². The Balaban J connectivity index is 1.75. The smallest absolute Gasteiger partial charge is 0.251 e. The molecule has 0 saturated heterocycles. The van der Waals surface area contributed by atoms with E-state index in [1.54, 1.807) is 7.11 Å². The number of hydrogen-bond donors (Lipinski definition) is 1. The third-order valence-electron chi connectivity index (χ3n) is 4.24. The van der Waals surface area contributed by atoms with Gasteiger partial charge in [0.25, 0.3) is 5.91 Å². The number of anilines is 1. The Morgan fingerprint density at radius 3 is 2.92 bits per heavy atom. The molecular formula is C19H21BrN2O2S. The third kappa shape index (κ3) is 4.12. The van der Waals surface area contributed by atoms with Gasteiger partial charge < -0.3 is 15.0 Å². The summed E-state index contributed by atoms with van der Waals surface area (Å²) in [6.07, 6.45) is 0. The monoisotopic (exact) mass is 420 g/mol. The maximum absolute atomic E-state index is 12.6. The average molecular weight is 421 g/mol. The maximum Gasteiger partial charge on any atom is 0.251 e. The number of ether oxygens (including phenoxy) is 1. The van der Waals surface area contributed by atoms with Crippen molar-refractivity contribution in [3.8, 4) is 5.75 Å². The van der Waals surface area contributed by atoms with Gasteiger partial charge in [0.1, 0.15) is 5.75 Å². The van der Waals surface area contributed by atoms with Gasteiger partial charge >= 0.3 is 0 Å². The molecule has 25 heavy (non-hydrogen) atoms. The minimum atomic E-state index is -0.0727. The Kier molecular flexibility index (Phi) is 5.91. The molecule has 0 aliphatic carbocycles. The van der Waals surface area contributed by atoms with Crippen LogP contribution in [0.15, 0.2) is 45.8 Å². The fourth-order valence-corrected chi connectivity index (χ4v) is 4.35. The van der Waals surface area contributed by atoms with Crippen molar-refractivity contribution in [3.05, 3.63) is 52.0 Å². The molecular weight excluding hydrogens is 400 g/mol. The summed E-state index contributed by atoms with van der Waals surface area (Å²) in [6.45, 7) is 4.54. The van der Waals surface area contributed by atoms with Crippen molar-refractivity contribution in [1.82, 2.24) is 5.32 Å². The lowest BCUT2D eigenvalue weighted by molar-refractivity contribution is 0.0950. The largest absolute Gasteiger partial charge is 0.496 e. The van der Waals surface area contributed by atoms with E-state index in [2.05, 4.69) is 39.1 Å². The van der Waals surface area contributed by atoms with Gasteiger partial charge in [0, 0.05) is 45.9 Å². The third-order valence-corrected chi connectivity index (χ3v) is 5.78. The zero-order chi connectivity index (χ0) is 17.8. The maximum atomic E-state index is 12.6. The van der Waals surface area contributed by atoms with Crippen LogP contribution in [0.2, 0.25) is 0 Å². The van der Waals surface area contributed by atoms with Gasteiger partial charge in [0.05, 0.1) is 12.8 Å². The van der Waals surface area contributed by atoms with Gasteiger partial charge in [0.2, 0.25) is 0 Å². The van der Waals surface area contributed by atoms with E-state index in [1.165, 1.54) is 4.90 Å². The van der Waals surface area contributed by atoms with E-state index in [1.807, 2.05) is 42.1 Å². The number of rotatable bonds is 5. The lowest BCUT2D eigenvalue weighted by Gasteiger charge is -2.30. The molecule has 4 nitrogen and oxygen atoms in total. The first kappa shape index (κ1) is 18.1. The second-order valence-corrected chi connectivity index (χ2v) is 7.80. The van der Waals surface area contributed by atoms with Gasteiger partial charge in [-0.25, -0.2) is 0 Å². The predicted molar refractivity (Wildman–Crippen MR) is 107 cm³/mol. The highest BCUT2D eigenvalue weighted by atomic mass is 79.9. The second-order valence-electron chi connectivity index (χ2n) is 5.75. The van der Waals surface area contributed by atoms with Crippen LogP contribution in [0, 0.1) is 0 Å². The summed E-state index contributed by atoms with van der Waals surface area (Å²) in [6, 6.07) is 11.7. The quantitative estimate of drug-likeness (QED) is 0.781. The number of carbonyl (C=O) groups excluding carboxylic acids is 1. The number of carbonyl (C=O) groups is 1. The molecule has 0 atom stereocenters. The number of nitrogens with one attached hydrogen (secondary N) is 1. The van der Waals surface area contributed by atoms with Crippen LogP contribution in [-0.2, 0) is 6.54 Å². The van der Waals surface area contributed by atoms with Crippen LogP contribution in [0.1, 0.15) is 22.8 Å². The molecule has 0 spiro atoms. The number of benzene rings is 2. The fourth-order valence-electron chi connectivity index (χ4n) is 2.91. The minimum Gasteiger partial charge on any atom is -0.496 e. The van der Waals surface area contributed by atoms with E-state index < -0.39 is 0 Å². The zero-order valence-corrected chi connectivity index (χ0v) is 16.7. The van der Waals surface area contributed by atoms with E-state index in [0.717, 1.165) is 40.3 Å². The average Bonchev–Trinajstić information content (AvgIpc) is 2.65. The predicted octanol–water partition coefficient (Wildman–Crippen LogP) is 4.32. The van der Waals surface area contributed by atoms with Crippen molar-refractivity contribution in [2.45, 2.75) is 18.4 Å².